The Labute approximate surface area is 105 Å². The average molecular weight is 248 g/mol. The summed E-state index contributed by atoms with van der Waals surface area (Å²) in [5, 5.41) is 10.9. The fourth-order valence-electron chi connectivity index (χ4n) is 1.65. The number of benzene rings is 1. The maximum atomic E-state index is 8.70. The maximum absolute atomic E-state index is 8.70. The highest BCUT2D eigenvalue weighted by Crippen LogP contribution is 2.24. The van der Waals surface area contributed by atoms with E-state index in [1.165, 1.54) is 0 Å². The van der Waals surface area contributed by atoms with Crippen LogP contribution in [-0.4, -0.2) is 27.4 Å². The molecule has 1 aromatic heterocycles. The molecule has 0 saturated heterocycles. The van der Waals surface area contributed by atoms with E-state index < -0.39 is 0 Å². The number of unbranched alkanes of at least 4 members (excludes halogenated alkanes) is 2. The van der Waals surface area contributed by atoms with Gasteiger partial charge in [-0.2, -0.15) is 0 Å². The highest BCUT2D eigenvalue weighted by molar-refractivity contribution is 7.99. The van der Waals surface area contributed by atoms with Gasteiger partial charge in [-0.15, -0.1) is 11.8 Å². The van der Waals surface area contributed by atoms with E-state index in [2.05, 4.69) is 16.0 Å². The van der Waals surface area contributed by atoms with Crippen LogP contribution >= 0.6 is 11.8 Å². The SMILES string of the molecule is OCCCCCSc1ncnc2ccccc12. The lowest BCUT2D eigenvalue weighted by Crippen LogP contribution is -1.89. The Bertz CT molecular complexity index is 470. The molecule has 0 bridgehead atoms. The van der Waals surface area contributed by atoms with E-state index in [1.54, 1.807) is 18.1 Å². The predicted octanol–water partition coefficient (Wildman–Crippen LogP) is 2.88. The highest BCUT2D eigenvalue weighted by Gasteiger charge is 2.02. The molecule has 3 nitrogen and oxygen atoms in total. The van der Waals surface area contributed by atoms with Crippen LogP contribution < -0.4 is 0 Å². The third-order valence-corrected chi connectivity index (χ3v) is 3.64. The molecule has 0 aliphatic rings. The molecule has 0 unspecified atom stereocenters. The molecular formula is C13H16N2OS. The molecule has 0 fully saturated rings. The van der Waals surface area contributed by atoms with Crippen LogP contribution in [0, 0.1) is 0 Å². The van der Waals surface area contributed by atoms with Crippen LogP contribution in [0.4, 0.5) is 0 Å². The van der Waals surface area contributed by atoms with Gasteiger partial charge in [-0.25, -0.2) is 9.97 Å². The van der Waals surface area contributed by atoms with Crippen molar-refractivity contribution in [3.63, 3.8) is 0 Å². The van der Waals surface area contributed by atoms with E-state index in [4.69, 9.17) is 5.11 Å². The number of aliphatic hydroxyl groups is 1. The highest BCUT2D eigenvalue weighted by atomic mass is 32.2. The van der Waals surface area contributed by atoms with Gasteiger partial charge in [0.1, 0.15) is 11.4 Å². The molecule has 0 spiro atoms. The quantitative estimate of drug-likeness (QED) is 0.485. The lowest BCUT2D eigenvalue weighted by molar-refractivity contribution is 0.284. The first kappa shape index (κ1) is 12.3. The first-order valence-corrected chi connectivity index (χ1v) is 6.84. The summed E-state index contributed by atoms with van der Waals surface area (Å²) in [4.78, 5) is 8.57. The summed E-state index contributed by atoms with van der Waals surface area (Å²) in [6, 6.07) is 8.07. The topological polar surface area (TPSA) is 46.0 Å². The van der Waals surface area contributed by atoms with Gasteiger partial charge in [-0.3, -0.25) is 0 Å². The van der Waals surface area contributed by atoms with Crippen molar-refractivity contribution < 1.29 is 5.11 Å². The third-order valence-electron chi connectivity index (χ3n) is 2.55. The standard InChI is InChI=1S/C13H16N2OS/c16-8-4-1-5-9-17-13-11-6-2-3-7-12(11)14-10-15-13/h2-3,6-7,10,16H,1,4-5,8-9H2. The Morgan fingerprint density at radius 2 is 1.94 bits per heavy atom. The number of aliphatic hydroxyl groups excluding tert-OH is 1. The number of fused-ring (bicyclic) bond motifs is 1. The molecule has 1 N–H and O–H groups in total. The van der Waals surface area contributed by atoms with Gasteiger partial charge in [0.2, 0.25) is 0 Å². The zero-order chi connectivity index (χ0) is 11.9. The summed E-state index contributed by atoms with van der Waals surface area (Å²) in [5.41, 5.74) is 1.00. The van der Waals surface area contributed by atoms with E-state index in [1.807, 2.05) is 18.2 Å². The zero-order valence-electron chi connectivity index (χ0n) is 9.67. The average Bonchev–Trinajstić information content (AvgIpc) is 2.39. The normalized spacial score (nSPS) is 10.9. The maximum Gasteiger partial charge on any atom is 0.117 e. The van der Waals surface area contributed by atoms with E-state index in [9.17, 15) is 0 Å². The minimum absolute atomic E-state index is 0.293. The molecule has 2 rings (SSSR count). The second-order valence-corrected chi connectivity index (χ2v) is 4.91. The van der Waals surface area contributed by atoms with Crippen molar-refractivity contribution in [1.29, 1.82) is 0 Å². The lowest BCUT2D eigenvalue weighted by atomic mass is 10.2. The number of aromatic nitrogens is 2. The summed E-state index contributed by atoms with van der Waals surface area (Å²) in [6.45, 7) is 0.293. The fourth-order valence-corrected chi connectivity index (χ4v) is 2.65. The van der Waals surface area contributed by atoms with Gasteiger partial charge in [-0.05, 0) is 24.7 Å². The summed E-state index contributed by atoms with van der Waals surface area (Å²) in [7, 11) is 0. The van der Waals surface area contributed by atoms with Gasteiger partial charge in [0, 0.05) is 12.0 Å². The zero-order valence-corrected chi connectivity index (χ0v) is 10.5. The van der Waals surface area contributed by atoms with Crippen molar-refractivity contribution >= 4 is 22.7 Å². The van der Waals surface area contributed by atoms with Crippen LogP contribution in [0.1, 0.15) is 19.3 Å². The molecule has 0 aliphatic carbocycles. The van der Waals surface area contributed by atoms with Gasteiger partial charge < -0.3 is 5.11 Å². The molecule has 0 radical (unpaired) electrons. The van der Waals surface area contributed by atoms with Crippen LogP contribution in [0.25, 0.3) is 10.9 Å². The van der Waals surface area contributed by atoms with Crippen LogP contribution in [0.2, 0.25) is 0 Å². The van der Waals surface area contributed by atoms with Crippen molar-refractivity contribution in [1.82, 2.24) is 9.97 Å². The van der Waals surface area contributed by atoms with E-state index >= 15 is 0 Å². The van der Waals surface area contributed by atoms with Crippen molar-refractivity contribution in [2.75, 3.05) is 12.4 Å². The smallest absolute Gasteiger partial charge is 0.117 e. The van der Waals surface area contributed by atoms with Gasteiger partial charge in [0.15, 0.2) is 0 Å². The second kappa shape index (κ2) is 6.57. The molecule has 2 aromatic rings. The summed E-state index contributed by atoms with van der Waals surface area (Å²) >= 11 is 1.77. The molecule has 0 saturated carbocycles. The van der Waals surface area contributed by atoms with Crippen molar-refractivity contribution in [2.24, 2.45) is 0 Å². The van der Waals surface area contributed by atoms with Crippen LogP contribution in [0.5, 0.6) is 0 Å². The summed E-state index contributed by atoms with van der Waals surface area (Å²) in [5.74, 6) is 1.04. The Hall–Kier alpha value is -1.13. The molecule has 1 aromatic carbocycles. The Kier molecular flexibility index (Phi) is 4.76. The number of hydrogen-bond acceptors (Lipinski definition) is 4. The Balaban J connectivity index is 1.98. The predicted molar refractivity (Wildman–Crippen MR) is 71.2 cm³/mol. The number of hydrogen-bond donors (Lipinski definition) is 1. The minimum atomic E-state index is 0.293. The van der Waals surface area contributed by atoms with E-state index in [0.29, 0.717) is 6.61 Å². The number of nitrogens with zero attached hydrogens (tertiary/aromatic N) is 2. The van der Waals surface area contributed by atoms with Gasteiger partial charge in [-0.1, -0.05) is 24.6 Å². The number of rotatable bonds is 6. The van der Waals surface area contributed by atoms with Crippen LogP contribution in [0.3, 0.4) is 0 Å². The lowest BCUT2D eigenvalue weighted by Gasteiger charge is -2.04. The van der Waals surface area contributed by atoms with Gasteiger partial charge >= 0.3 is 0 Å². The summed E-state index contributed by atoms with van der Waals surface area (Å²) < 4.78 is 0. The first-order chi connectivity index (χ1) is 8.42. The van der Waals surface area contributed by atoms with Gasteiger partial charge in [0.05, 0.1) is 5.52 Å². The molecule has 4 heteroatoms. The largest absolute Gasteiger partial charge is 0.396 e. The minimum Gasteiger partial charge on any atom is -0.396 e. The molecule has 0 aliphatic heterocycles. The van der Waals surface area contributed by atoms with Gasteiger partial charge in [0.25, 0.3) is 0 Å². The molecule has 90 valence electrons. The van der Waals surface area contributed by atoms with E-state index in [0.717, 1.165) is 40.9 Å². The Morgan fingerprint density at radius 3 is 2.82 bits per heavy atom. The first-order valence-electron chi connectivity index (χ1n) is 5.85. The van der Waals surface area contributed by atoms with Crippen LogP contribution in [-0.2, 0) is 0 Å². The van der Waals surface area contributed by atoms with Crippen molar-refractivity contribution in [3.8, 4) is 0 Å². The van der Waals surface area contributed by atoms with Crippen LogP contribution in [0.15, 0.2) is 35.6 Å². The third kappa shape index (κ3) is 3.41. The second-order valence-electron chi connectivity index (χ2n) is 3.83. The molecule has 1 heterocycles. The number of thioether (sulfide) groups is 1. The van der Waals surface area contributed by atoms with Crippen molar-refractivity contribution in [2.45, 2.75) is 24.3 Å². The number of para-hydroxylation sites is 1. The summed E-state index contributed by atoms with van der Waals surface area (Å²) in [6.07, 6.45) is 4.71. The molecular weight excluding hydrogens is 232 g/mol. The monoisotopic (exact) mass is 248 g/mol. The molecule has 0 atom stereocenters. The fraction of sp³-hybridized carbons (Fsp3) is 0.385. The van der Waals surface area contributed by atoms with Crippen molar-refractivity contribution in [3.05, 3.63) is 30.6 Å². The van der Waals surface area contributed by atoms with E-state index in [-0.39, 0.29) is 0 Å². The Morgan fingerprint density at radius 1 is 1.06 bits per heavy atom. The molecule has 17 heavy (non-hydrogen) atoms. The molecule has 0 amide bonds.